The first kappa shape index (κ1) is 12.9. The number of hydrogen-bond acceptors (Lipinski definition) is 3. The molecule has 1 saturated carbocycles. The molecule has 4 heteroatoms. The molecule has 3 rings (SSSR count). The molecule has 1 aliphatic rings. The summed E-state index contributed by atoms with van der Waals surface area (Å²) in [5, 5.41) is 2.98. The van der Waals surface area contributed by atoms with Gasteiger partial charge in [-0.3, -0.25) is 4.79 Å². The van der Waals surface area contributed by atoms with E-state index in [0.29, 0.717) is 5.89 Å². The van der Waals surface area contributed by atoms with Crippen LogP contribution in [0.25, 0.3) is 11.5 Å². The van der Waals surface area contributed by atoms with Gasteiger partial charge in [0.15, 0.2) is 0 Å². The number of benzene rings is 1. The predicted molar refractivity (Wildman–Crippen MR) is 77.4 cm³/mol. The minimum atomic E-state index is 0.120. The van der Waals surface area contributed by atoms with Crippen LogP contribution < -0.4 is 5.32 Å². The molecule has 0 unspecified atom stereocenters. The van der Waals surface area contributed by atoms with Gasteiger partial charge in [-0.25, -0.2) is 4.98 Å². The molecule has 1 aliphatic carbocycles. The van der Waals surface area contributed by atoms with Crippen LogP contribution in [0.3, 0.4) is 0 Å². The Morgan fingerprint density at radius 3 is 2.75 bits per heavy atom. The van der Waals surface area contributed by atoms with E-state index in [9.17, 15) is 4.79 Å². The van der Waals surface area contributed by atoms with Gasteiger partial charge in [0, 0.05) is 17.2 Å². The normalized spacial score (nSPS) is 14.9. The minimum Gasteiger partial charge on any atom is -0.444 e. The van der Waals surface area contributed by atoms with E-state index >= 15 is 0 Å². The van der Waals surface area contributed by atoms with Crippen molar-refractivity contribution >= 4 is 11.6 Å². The highest BCUT2D eigenvalue weighted by molar-refractivity contribution is 5.93. The average Bonchev–Trinajstić information content (AvgIpc) is 2.76. The fourth-order valence-electron chi connectivity index (χ4n) is 2.32. The summed E-state index contributed by atoms with van der Waals surface area (Å²) in [6.45, 7) is 3.90. The Morgan fingerprint density at radius 1 is 1.35 bits per heavy atom. The molecular weight excluding hydrogens is 252 g/mol. The molecule has 2 aromatic rings. The fourth-order valence-corrected chi connectivity index (χ4v) is 2.32. The van der Waals surface area contributed by atoms with Crippen LogP contribution in [-0.2, 0) is 4.79 Å². The molecule has 1 amide bonds. The van der Waals surface area contributed by atoms with Gasteiger partial charge in [-0.1, -0.05) is 12.5 Å². The third-order valence-corrected chi connectivity index (χ3v) is 3.83. The molecule has 1 fully saturated rings. The van der Waals surface area contributed by atoms with E-state index in [-0.39, 0.29) is 11.8 Å². The summed E-state index contributed by atoms with van der Waals surface area (Å²) in [6, 6.07) is 5.83. The molecular formula is C16H18N2O2. The summed E-state index contributed by atoms with van der Waals surface area (Å²) in [5.41, 5.74) is 3.65. The van der Waals surface area contributed by atoms with Gasteiger partial charge in [-0.05, 0) is 44.4 Å². The molecule has 1 N–H and O–H groups in total. The van der Waals surface area contributed by atoms with Crippen LogP contribution in [0.4, 0.5) is 5.69 Å². The Morgan fingerprint density at radius 2 is 2.15 bits per heavy atom. The van der Waals surface area contributed by atoms with Crippen LogP contribution in [0.5, 0.6) is 0 Å². The van der Waals surface area contributed by atoms with Gasteiger partial charge >= 0.3 is 0 Å². The maximum atomic E-state index is 12.0. The molecule has 0 saturated heterocycles. The topological polar surface area (TPSA) is 55.1 Å². The van der Waals surface area contributed by atoms with Gasteiger partial charge in [-0.15, -0.1) is 0 Å². The highest BCUT2D eigenvalue weighted by atomic mass is 16.3. The smallest absolute Gasteiger partial charge is 0.227 e. The van der Waals surface area contributed by atoms with Gasteiger partial charge in [-0.2, -0.15) is 0 Å². The highest BCUT2D eigenvalue weighted by Crippen LogP contribution is 2.29. The number of nitrogens with zero attached hydrogens (tertiary/aromatic N) is 1. The molecule has 1 heterocycles. The van der Waals surface area contributed by atoms with Gasteiger partial charge in [0.2, 0.25) is 11.8 Å². The molecule has 1 aromatic heterocycles. The lowest BCUT2D eigenvalue weighted by atomic mass is 9.85. The summed E-state index contributed by atoms with van der Waals surface area (Å²) < 4.78 is 5.45. The molecule has 20 heavy (non-hydrogen) atoms. The van der Waals surface area contributed by atoms with E-state index in [1.165, 1.54) is 0 Å². The monoisotopic (exact) mass is 270 g/mol. The van der Waals surface area contributed by atoms with E-state index in [1.807, 2.05) is 32.0 Å². The van der Waals surface area contributed by atoms with Gasteiger partial charge in [0.25, 0.3) is 0 Å². The summed E-state index contributed by atoms with van der Waals surface area (Å²) >= 11 is 0. The summed E-state index contributed by atoms with van der Waals surface area (Å²) in [5.74, 6) is 0.901. The number of anilines is 1. The first-order chi connectivity index (χ1) is 9.63. The fraction of sp³-hybridized carbons (Fsp3) is 0.375. The Kier molecular flexibility index (Phi) is 3.30. The van der Waals surface area contributed by atoms with Crippen LogP contribution in [0.2, 0.25) is 0 Å². The molecule has 0 spiro atoms. The standard InChI is InChI=1S/C16H18N2O2/c1-10-6-7-13(18-15(19)12-4-3-5-12)8-14(10)16-17-11(2)9-20-16/h6-9,12H,3-5H2,1-2H3,(H,18,19). The number of aromatic nitrogens is 1. The van der Waals surface area contributed by atoms with Gasteiger partial charge < -0.3 is 9.73 Å². The van der Waals surface area contributed by atoms with Crippen LogP contribution in [0.1, 0.15) is 30.5 Å². The summed E-state index contributed by atoms with van der Waals surface area (Å²) in [4.78, 5) is 16.3. The zero-order valence-electron chi connectivity index (χ0n) is 11.8. The minimum absolute atomic E-state index is 0.120. The molecule has 0 aliphatic heterocycles. The molecule has 104 valence electrons. The Balaban J connectivity index is 1.84. The number of amides is 1. The van der Waals surface area contributed by atoms with E-state index < -0.39 is 0 Å². The van der Waals surface area contributed by atoms with Crippen LogP contribution in [-0.4, -0.2) is 10.9 Å². The Bertz CT molecular complexity index is 642. The molecule has 4 nitrogen and oxygen atoms in total. The van der Waals surface area contributed by atoms with Crippen molar-refractivity contribution in [3.63, 3.8) is 0 Å². The van der Waals surface area contributed by atoms with E-state index in [2.05, 4.69) is 10.3 Å². The lowest BCUT2D eigenvalue weighted by Gasteiger charge is -2.24. The lowest BCUT2D eigenvalue weighted by Crippen LogP contribution is -2.28. The number of carbonyl (C=O) groups is 1. The summed E-state index contributed by atoms with van der Waals surface area (Å²) in [6.07, 6.45) is 4.80. The van der Waals surface area contributed by atoms with E-state index in [0.717, 1.165) is 41.8 Å². The highest BCUT2D eigenvalue weighted by Gasteiger charge is 2.25. The van der Waals surface area contributed by atoms with Crippen molar-refractivity contribution in [3.05, 3.63) is 35.7 Å². The number of aryl methyl sites for hydroxylation is 2. The first-order valence-electron chi connectivity index (χ1n) is 6.97. The van der Waals surface area contributed by atoms with Crippen molar-refractivity contribution in [2.45, 2.75) is 33.1 Å². The lowest BCUT2D eigenvalue weighted by molar-refractivity contribution is -0.122. The van der Waals surface area contributed by atoms with Gasteiger partial charge in [0.1, 0.15) is 6.26 Å². The Labute approximate surface area is 118 Å². The zero-order chi connectivity index (χ0) is 14.1. The first-order valence-corrected chi connectivity index (χ1v) is 6.97. The second-order valence-corrected chi connectivity index (χ2v) is 5.44. The second-order valence-electron chi connectivity index (χ2n) is 5.44. The maximum Gasteiger partial charge on any atom is 0.227 e. The van der Waals surface area contributed by atoms with Crippen molar-refractivity contribution in [2.75, 3.05) is 5.32 Å². The molecule has 0 bridgehead atoms. The largest absolute Gasteiger partial charge is 0.444 e. The van der Waals surface area contributed by atoms with Crippen molar-refractivity contribution in [1.82, 2.24) is 4.98 Å². The van der Waals surface area contributed by atoms with Gasteiger partial charge in [0.05, 0.1) is 5.69 Å². The average molecular weight is 270 g/mol. The number of oxazole rings is 1. The quantitative estimate of drug-likeness (QED) is 0.925. The second kappa shape index (κ2) is 5.12. The molecule has 0 radical (unpaired) electrons. The van der Waals surface area contributed by atoms with Crippen molar-refractivity contribution in [1.29, 1.82) is 0 Å². The van der Waals surface area contributed by atoms with Crippen molar-refractivity contribution < 1.29 is 9.21 Å². The number of hydrogen-bond donors (Lipinski definition) is 1. The SMILES string of the molecule is Cc1coc(-c2cc(NC(=O)C3CCC3)ccc2C)n1. The molecule has 1 aromatic carbocycles. The zero-order valence-corrected chi connectivity index (χ0v) is 11.8. The van der Waals surface area contributed by atoms with Crippen LogP contribution in [0, 0.1) is 19.8 Å². The number of carbonyl (C=O) groups excluding carboxylic acids is 1. The number of nitrogens with one attached hydrogen (secondary N) is 1. The predicted octanol–water partition coefficient (Wildman–Crippen LogP) is 3.70. The van der Waals surface area contributed by atoms with E-state index in [1.54, 1.807) is 6.26 Å². The number of rotatable bonds is 3. The summed E-state index contributed by atoms with van der Waals surface area (Å²) in [7, 11) is 0. The van der Waals surface area contributed by atoms with Crippen LogP contribution in [0.15, 0.2) is 28.9 Å². The third kappa shape index (κ3) is 2.46. The van der Waals surface area contributed by atoms with E-state index in [4.69, 9.17) is 4.42 Å². The Hall–Kier alpha value is -2.10. The van der Waals surface area contributed by atoms with Crippen molar-refractivity contribution in [2.24, 2.45) is 5.92 Å². The third-order valence-electron chi connectivity index (χ3n) is 3.83. The molecule has 0 atom stereocenters. The maximum absolute atomic E-state index is 12.0. The van der Waals surface area contributed by atoms with Crippen molar-refractivity contribution in [3.8, 4) is 11.5 Å². The van der Waals surface area contributed by atoms with Crippen LogP contribution >= 0.6 is 0 Å².